The van der Waals surface area contributed by atoms with Crippen LogP contribution in [0.1, 0.15) is 18.4 Å². The molecule has 1 aliphatic heterocycles. The first-order valence-electron chi connectivity index (χ1n) is 6.57. The van der Waals surface area contributed by atoms with Crippen LogP contribution in [0.5, 0.6) is 0 Å². The minimum absolute atomic E-state index is 0.306. The Labute approximate surface area is 113 Å². The molecule has 104 valence electrons. The molecule has 1 aliphatic carbocycles. The van der Waals surface area contributed by atoms with Gasteiger partial charge >= 0.3 is 0 Å². The first-order chi connectivity index (χ1) is 9.14. The lowest BCUT2D eigenvalue weighted by molar-refractivity contribution is 0.0399. The molecule has 0 N–H and O–H groups in total. The SMILES string of the molecule is O=S(=O)(C1COC1)C1(COCc2ccccc2)CC1. The Morgan fingerprint density at radius 2 is 1.89 bits per heavy atom. The van der Waals surface area contributed by atoms with Crippen LogP contribution in [0.2, 0.25) is 0 Å². The number of sulfone groups is 1. The van der Waals surface area contributed by atoms with E-state index in [2.05, 4.69) is 0 Å². The van der Waals surface area contributed by atoms with Gasteiger partial charge in [0.1, 0.15) is 5.25 Å². The Hall–Kier alpha value is -0.910. The maximum absolute atomic E-state index is 12.4. The van der Waals surface area contributed by atoms with E-state index in [0.29, 0.717) is 26.4 Å². The van der Waals surface area contributed by atoms with Crippen molar-refractivity contribution in [1.29, 1.82) is 0 Å². The maximum atomic E-state index is 12.4. The highest BCUT2D eigenvalue weighted by Crippen LogP contribution is 2.46. The van der Waals surface area contributed by atoms with Crippen molar-refractivity contribution in [2.45, 2.75) is 29.4 Å². The molecule has 0 bridgehead atoms. The van der Waals surface area contributed by atoms with Crippen molar-refractivity contribution in [2.24, 2.45) is 0 Å². The van der Waals surface area contributed by atoms with Gasteiger partial charge < -0.3 is 9.47 Å². The molecule has 2 fully saturated rings. The highest BCUT2D eigenvalue weighted by atomic mass is 32.2. The van der Waals surface area contributed by atoms with Gasteiger partial charge in [0.05, 0.1) is 31.2 Å². The zero-order chi connectivity index (χ0) is 13.3. The average Bonchev–Trinajstić information content (AvgIpc) is 3.09. The third-order valence-corrected chi connectivity index (χ3v) is 6.82. The van der Waals surface area contributed by atoms with Crippen molar-refractivity contribution in [3.63, 3.8) is 0 Å². The molecule has 0 spiro atoms. The Bertz CT molecular complexity index is 530. The molecule has 0 aromatic heterocycles. The molecule has 3 rings (SSSR count). The highest BCUT2D eigenvalue weighted by molar-refractivity contribution is 7.93. The molecule has 19 heavy (non-hydrogen) atoms. The Morgan fingerprint density at radius 3 is 2.42 bits per heavy atom. The minimum atomic E-state index is -3.10. The van der Waals surface area contributed by atoms with Gasteiger partial charge in [-0.25, -0.2) is 8.42 Å². The first-order valence-corrected chi connectivity index (χ1v) is 8.12. The Morgan fingerprint density at radius 1 is 1.21 bits per heavy atom. The van der Waals surface area contributed by atoms with Gasteiger partial charge in [-0.15, -0.1) is 0 Å². The fourth-order valence-corrected chi connectivity index (χ4v) is 4.50. The third-order valence-electron chi connectivity index (χ3n) is 3.93. The van der Waals surface area contributed by atoms with E-state index in [4.69, 9.17) is 9.47 Å². The summed E-state index contributed by atoms with van der Waals surface area (Å²) >= 11 is 0. The number of benzene rings is 1. The normalized spacial score (nSPS) is 21.9. The number of hydrogen-bond acceptors (Lipinski definition) is 4. The Balaban J connectivity index is 1.57. The van der Waals surface area contributed by atoms with Crippen molar-refractivity contribution in [1.82, 2.24) is 0 Å². The van der Waals surface area contributed by atoms with E-state index in [1.54, 1.807) is 0 Å². The summed E-state index contributed by atoms with van der Waals surface area (Å²) < 4.78 is 34.8. The van der Waals surface area contributed by atoms with Crippen molar-refractivity contribution in [3.8, 4) is 0 Å². The molecular formula is C14H18O4S. The smallest absolute Gasteiger partial charge is 0.165 e. The van der Waals surface area contributed by atoms with Crippen LogP contribution in [0.25, 0.3) is 0 Å². The molecule has 1 heterocycles. The van der Waals surface area contributed by atoms with Gasteiger partial charge in [-0.1, -0.05) is 30.3 Å². The van der Waals surface area contributed by atoms with E-state index in [9.17, 15) is 8.42 Å². The van der Waals surface area contributed by atoms with Gasteiger partial charge in [0.25, 0.3) is 0 Å². The quantitative estimate of drug-likeness (QED) is 0.794. The van der Waals surface area contributed by atoms with Crippen LogP contribution in [0.4, 0.5) is 0 Å². The molecular weight excluding hydrogens is 264 g/mol. The first kappa shape index (κ1) is 13.1. The van der Waals surface area contributed by atoms with Gasteiger partial charge in [0.15, 0.2) is 9.84 Å². The summed E-state index contributed by atoms with van der Waals surface area (Å²) in [4.78, 5) is 0. The van der Waals surface area contributed by atoms with Crippen molar-refractivity contribution >= 4 is 9.84 Å². The largest absolute Gasteiger partial charge is 0.379 e. The lowest BCUT2D eigenvalue weighted by Crippen LogP contribution is -2.47. The summed E-state index contributed by atoms with van der Waals surface area (Å²) in [6.07, 6.45) is 1.45. The summed E-state index contributed by atoms with van der Waals surface area (Å²) in [5.74, 6) is 0. The highest BCUT2D eigenvalue weighted by Gasteiger charge is 2.58. The van der Waals surface area contributed by atoms with Crippen molar-refractivity contribution in [3.05, 3.63) is 35.9 Å². The van der Waals surface area contributed by atoms with E-state index in [-0.39, 0.29) is 5.25 Å². The third kappa shape index (κ3) is 2.42. The van der Waals surface area contributed by atoms with Gasteiger partial charge in [-0.3, -0.25) is 0 Å². The van der Waals surface area contributed by atoms with Gasteiger partial charge in [-0.2, -0.15) is 0 Å². The Kier molecular flexibility index (Phi) is 3.37. The molecule has 1 aromatic rings. The second kappa shape index (κ2) is 4.89. The summed E-state index contributed by atoms with van der Waals surface area (Å²) in [6.45, 7) is 1.48. The minimum Gasteiger partial charge on any atom is -0.379 e. The zero-order valence-corrected chi connectivity index (χ0v) is 11.6. The van der Waals surface area contributed by atoms with Gasteiger partial charge in [-0.05, 0) is 18.4 Å². The molecule has 0 unspecified atom stereocenters. The van der Waals surface area contributed by atoms with Crippen LogP contribution in [0, 0.1) is 0 Å². The number of hydrogen-bond donors (Lipinski definition) is 0. The molecule has 0 radical (unpaired) electrons. The van der Waals surface area contributed by atoms with Gasteiger partial charge in [0, 0.05) is 0 Å². The van der Waals surface area contributed by atoms with Crippen LogP contribution in [0.15, 0.2) is 30.3 Å². The average molecular weight is 282 g/mol. The monoisotopic (exact) mass is 282 g/mol. The lowest BCUT2D eigenvalue weighted by atomic mass is 10.2. The van der Waals surface area contributed by atoms with E-state index in [0.717, 1.165) is 18.4 Å². The molecule has 1 saturated heterocycles. The van der Waals surface area contributed by atoms with Crippen LogP contribution in [0.3, 0.4) is 0 Å². The second-order valence-electron chi connectivity index (χ2n) is 5.37. The zero-order valence-electron chi connectivity index (χ0n) is 10.7. The maximum Gasteiger partial charge on any atom is 0.165 e. The molecule has 1 aromatic carbocycles. The molecule has 1 saturated carbocycles. The molecule has 2 aliphatic rings. The van der Waals surface area contributed by atoms with E-state index < -0.39 is 14.6 Å². The van der Waals surface area contributed by atoms with E-state index >= 15 is 0 Å². The number of ether oxygens (including phenoxy) is 2. The van der Waals surface area contributed by atoms with Crippen LogP contribution >= 0.6 is 0 Å². The van der Waals surface area contributed by atoms with Crippen LogP contribution < -0.4 is 0 Å². The predicted octanol–water partition coefficient (Wildman–Crippen LogP) is 1.55. The summed E-state index contributed by atoms with van der Waals surface area (Å²) in [5, 5.41) is -0.310. The summed E-state index contributed by atoms with van der Waals surface area (Å²) in [7, 11) is -3.10. The second-order valence-corrected chi connectivity index (χ2v) is 7.99. The van der Waals surface area contributed by atoms with Crippen molar-refractivity contribution in [2.75, 3.05) is 19.8 Å². The number of rotatable bonds is 6. The topological polar surface area (TPSA) is 52.6 Å². The fourth-order valence-electron chi connectivity index (χ4n) is 2.33. The molecule has 5 heteroatoms. The van der Waals surface area contributed by atoms with Crippen LogP contribution in [-0.4, -0.2) is 38.2 Å². The van der Waals surface area contributed by atoms with E-state index in [1.807, 2.05) is 30.3 Å². The molecule has 4 nitrogen and oxygen atoms in total. The van der Waals surface area contributed by atoms with Gasteiger partial charge in [0.2, 0.25) is 0 Å². The van der Waals surface area contributed by atoms with E-state index in [1.165, 1.54) is 0 Å². The van der Waals surface area contributed by atoms with Crippen molar-refractivity contribution < 1.29 is 17.9 Å². The fraction of sp³-hybridized carbons (Fsp3) is 0.571. The molecule has 0 amide bonds. The van der Waals surface area contributed by atoms with Crippen LogP contribution in [-0.2, 0) is 25.9 Å². The predicted molar refractivity (Wildman–Crippen MR) is 71.6 cm³/mol. The standard InChI is InChI=1S/C14H18O4S/c15-19(16,13-9-17-10-13)14(6-7-14)11-18-8-12-4-2-1-3-5-12/h1-5,13H,6-11H2. The molecule has 0 atom stereocenters. The summed E-state index contributed by atoms with van der Waals surface area (Å²) in [6, 6.07) is 9.82. The lowest BCUT2D eigenvalue weighted by Gasteiger charge is -2.30. The summed E-state index contributed by atoms with van der Waals surface area (Å²) in [5.41, 5.74) is 1.07.